The van der Waals surface area contributed by atoms with E-state index in [0.717, 1.165) is 37.6 Å². The first-order valence-electron chi connectivity index (χ1n) is 6.85. The molecule has 1 fully saturated rings. The van der Waals surface area contributed by atoms with Gasteiger partial charge in [-0.3, -0.25) is 4.90 Å². The van der Waals surface area contributed by atoms with Crippen molar-refractivity contribution in [3.05, 3.63) is 23.7 Å². The van der Waals surface area contributed by atoms with Gasteiger partial charge in [-0.25, -0.2) is 0 Å². The lowest BCUT2D eigenvalue weighted by molar-refractivity contribution is 0.232. The van der Waals surface area contributed by atoms with E-state index in [1.54, 1.807) is 0 Å². The van der Waals surface area contributed by atoms with E-state index in [9.17, 15) is 0 Å². The molecule has 2 rings (SSSR count). The summed E-state index contributed by atoms with van der Waals surface area (Å²) in [7, 11) is 0. The van der Waals surface area contributed by atoms with E-state index in [0.29, 0.717) is 6.04 Å². The third-order valence-electron chi connectivity index (χ3n) is 3.53. The van der Waals surface area contributed by atoms with Crippen LogP contribution in [0.5, 0.6) is 0 Å². The fraction of sp³-hybridized carbons (Fsp3) is 0.714. The number of hydrogen-bond acceptors (Lipinski definition) is 3. The molecule has 0 aliphatic carbocycles. The molecule has 0 radical (unpaired) electrons. The van der Waals surface area contributed by atoms with Crippen LogP contribution in [0.2, 0.25) is 0 Å². The molecule has 0 aromatic carbocycles. The van der Waals surface area contributed by atoms with E-state index in [1.807, 2.05) is 0 Å². The van der Waals surface area contributed by atoms with Crippen LogP contribution in [-0.4, -0.2) is 30.6 Å². The minimum atomic E-state index is 0.676. The third-order valence-corrected chi connectivity index (χ3v) is 3.53. The molecule has 1 aromatic rings. The molecule has 3 nitrogen and oxygen atoms in total. The Labute approximate surface area is 104 Å². The Morgan fingerprint density at radius 3 is 2.76 bits per heavy atom. The summed E-state index contributed by atoms with van der Waals surface area (Å²) in [6, 6.07) is 4.89. The van der Waals surface area contributed by atoms with Crippen molar-refractivity contribution in [2.24, 2.45) is 0 Å². The molecule has 1 N–H and O–H groups in total. The minimum absolute atomic E-state index is 0.676. The average Bonchev–Trinajstić information content (AvgIpc) is 2.99. The maximum Gasteiger partial charge on any atom is 0.118 e. The largest absolute Gasteiger partial charge is 0.465 e. The van der Waals surface area contributed by atoms with Crippen LogP contribution in [0, 0.1) is 0 Å². The van der Waals surface area contributed by atoms with Gasteiger partial charge in [-0.15, -0.1) is 0 Å². The van der Waals surface area contributed by atoms with Crippen molar-refractivity contribution in [3.63, 3.8) is 0 Å². The number of rotatable bonds is 6. The summed E-state index contributed by atoms with van der Waals surface area (Å²) in [6.07, 6.45) is 3.62. The van der Waals surface area contributed by atoms with Gasteiger partial charge >= 0.3 is 0 Å². The van der Waals surface area contributed by atoms with E-state index in [4.69, 9.17) is 4.42 Å². The standard InChI is InChI=1S/C14H24N2O/c1-3-13-7-8-14(17-13)11-16(4-2)10-12-6-5-9-15-12/h7-8,12,15H,3-6,9-11H2,1-2H3. The number of furan rings is 1. The fourth-order valence-corrected chi connectivity index (χ4v) is 2.45. The first kappa shape index (κ1) is 12.7. The second-order valence-electron chi connectivity index (χ2n) is 4.84. The second-order valence-corrected chi connectivity index (χ2v) is 4.84. The van der Waals surface area contributed by atoms with Crippen LogP contribution in [0.3, 0.4) is 0 Å². The van der Waals surface area contributed by atoms with Gasteiger partial charge in [0.2, 0.25) is 0 Å². The molecule has 1 saturated heterocycles. The van der Waals surface area contributed by atoms with Gasteiger partial charge in [0.1, 0.15) is 11.5 Å². The van der Waals surface area contributed by atoms with Crippen LogP contribution in [0.15, 0.2) is 16.5 Å². The molecule has 0 bridgehead atoms. The average molecular weight is 236 g/mol. The minimum Gasteiger partial charge on any atom is -0.465 e. The summed E-state index contributed by atoms with van der Waals surface area (Å²) >= 11 is 0. The lowest BCUT2D eigenvalue weighted by Gasteiger charge is -2.23. The highest BCUT2D eigenvalue weighted by Gasteiger charge is 2.17. The van der Waals surface area contributed by atoms with Gasteiger partial charge in [0.15, 0.2) is 0 Å². The predicted octanol–water partition coefficient (Wildman–Crippen LogP) is 2.42. The van der Waals surface area contributed by atoms with Crippen molar-refractivity contribution < 1.29 is 4.42 Å². The zero-order chi connectivity index (χ0) is 12.1. The number of hydrogen-bond donors (Lipinski definition) is 1. The van der Waals surface area contributed by atoms with Crippen molar-refractivity contribution in [1.82, 2.24) is 10.2 Å². The maximum absolute atomic E-state index is 5.77. The second kappa shape index (κ2) is 6.22. The SMILES string of the molecule is CCc1ccc(CN(CC)CC2CCCN2)o1. The molecule has 1 aliphatic rings. The van der Waals surface area contributed by atoms with Crippen LogP contribution < -0.4 is 5.32 Å². The van der Waals surface area contributed by atoms with Gasteiger partial charge in [0.05, 0.1) is 6.54 Å². The van der Waals surface area contributed by atoms with Crippen LogP contribution in [-0.2, 0) is 13.0 Å². The van der Waals surface area contributed by atoms with Crippen molar-refractivity contribution in [2.45, 2.75) is 45.7 Å². The number of nitrogens with one attached hydrogen (secondary N) is 1. The zero-order valence-corrected chi connectivity index (χ0v) is 11.0. The Balaban J connectivity index is 1.85. The van der Waals surface area contributed by atoms with Gasteiger partial charge in [-0.05, 0) is 38.1 Å². The van der Waals surface area contributed by atoms with Crippen LogP contribution >= 0.6 is 0 Å². The highest BCUT2D eigenvalue weighted by atomic mass is 16.3. The summed E-state index contributed by atoms with van der Waals surface area (Å²) in [5.41, 5.74) is 0. The van der Waals surface area contributed by atoms with Gasteiger partial charge in [-0.2, -0.15) is 0 Å². The molecule has 2 heterocycles. The molecule has 0 spiro atoms. The highest BCUT2D eigenvalue weighted by Crippen LogP contribution is 2.13. The molecule has 17 heavy (non-hydrogen) atoms. The quantitative estimate of drug-likeness (QED) is 0.822. The normalized spacial score (nSPS) is 20.3. The molecule has 96 valence electrons. The van der Waals surface area contributed by atoms with Crippen molar-refractivity contribution in [3.8, 4) is 0 Å². The van der Waals surface area contributed by atoms with Gasteiger partial charge in [-0.1, -0.05) is 13.8 Å². The van der Waals surface area contributed by atoms with E-state index in [2.05, 4.69) is 36.2 Å². The number of likely N-dealkylation sites (N-methyl/N-ethyl adjacent to an activating group) is 1. The molecule has 1 aliphatic heterocycles. The Bertz CT molecular complexity index is 329. The molecule has 3 heteroatoms. The molecule has 1 unspecified atom stereocenters. The number of nitrogens with zero attached hydrogens (tertiary/aromatic N) is 1. The lowest BCUT2D eigenvalue weighted by Crippen LogP contribution is -2.37. The highest BCUT2D eigenvalue weighted by molar-refractivity contribution is 5.07. The monoisotopic (exact) mass is 236 g/mol. The first-order chi connectivity index (χ1) is 8.31. The van der Waals surface area contributed by atoms with Gasteiger partial charge in [0.25, 0.3) is 0 Å². The van der Waals surface area contributed by atoms with E-state index in [-0.39, 0.29) is 0 Å². The maximum atomic E-state index is 5.77. The van der Waals surface area contributed by atoms with E-state index < -0.39 is 0 Å². The van der Waals surface area contributed by atoms with E-state index >= 15 is 0 Å². The Hall–Kier alpha value is -0.800. The zero-order valence-electron chi connectivity index (χ0n) is 11.0. The summed E-state index contributed by atoms with van der Waals surface area (Å²) in [5, 5.41) is 3.55. The predicted molar refractivity (Wildman–Crippen MR) is 70.1 cm³/mol. The Kier molecular flexibility index (Phi) is 4.63. The first-order valence-corrected chi connectivity index (χ1v) is 6.85. The molecular weight excluding hydrogens is 212 g/mol. The van der Waals surface area contributed by atoms with Gasteiger partial charge < -0.3 is 9.73 Å². The number of aryl methyl sites for hydroxylation is 1. The molecule has 0 amide bonds. The molecular formula is C14H24N2O. The Morgan fingerprint density at radius 1 is 1.35 bits per heavy atom. The summed E-state index contributed by atoms with van der Waals surface area (Å²) < 4.78 is 5.77. The topological polar surface area (TPSA) is 28.4 Å². The smallest absolute Gasteiger partial charge is 0.118 e. The third kappa shape index (κ3) is 3.58. The summed E-state index contributed by atoms with van der Waals surface area (Å²) in [4.78, 5) is 2.46. The fourth-order valence-electron chi connectivity index (χ4n) is 2.45. The summed E-state index contributed by atoms with van der Waals surface area (Å²) in [5.74, 6) is 2.19. The molecule has 1 aromatic heterocycles. The van der Waals surface area contributed by atoms with E-state index in [1.165, 1.54) is 19.4 Å². The molecule has 1 atom stereocenters. The van der Waals surface area contributed by atoms with Crippen molar-refractivity contribution in [1.29, 1.82) is 0 Å². The summed E-state index contributed by atoms with van der Waals surface area (Å²) in [6.45, 7) is 8.69. The van der Waals surface area contributed by atoms with Crippen LogP contribution in [0.4, 0.5) is 0 Å². The Morgan fingerprint density at radius 2 is 2.18 bits per heavy atom. The lowest BCUT2D eigenvalue weighted by atomic mass is 10.2. The van der Waals surface area contributed by atoms with Crippen LogP contribution in [0.1, 0.15) is 38.2 Å². The van der Waals surface area contributed by atoms with Gasteiger partial charge in [0, 0.05) is 19.0 Å². The molecule has 0 saturated carbocycles. The van der Waals surface area contributed by atoms with Crippen LogP contribution in [0.25, 0.3) is 0 Å². The van der Waals surface area contributed by atoms with Crippen molar-refractivity contribution in [2.75, 3.05) is 19.6 Å². The van der Waals surface area contributed by atoms with Crippen molar-refractivity contribution >= 4 is 0 Å².